The minimum absolute atomic E-state index is 0.0106. The van der Waals surface area contributed by atoms with Crippen molar-refractivity contribution in [2.75, 3.05) is 13.2 Å². The maximum Gasteiger partial charge on any atom is 0.270 e. The minimum atomic E-state index is -1.86. The fraction of sp³-hybridized carbons (Fsp3) is 0.562. The number of benzene rings is 2. The van der Waals surface area contributed by atoms with Crippen molar-refractivity contribution >= 4 is 6.08 Å². The first kappa shape index (κ1) is 36.5. The van der Waals surface area contributed by atoms with Gasteiger partial charge in [-0.1, -0.05) is 0 Å². The summed E-state index contributed by atoms with van der Waals surface area (Å²) in [5.74, 6) is -0.489. The van der Waals surface area contributed by atoms with Gasteiger partial charge in [-0.15, -0.1) is 0 Å². The summed E-state index contributed by atoms with van der Waals surface area (Å²) in [5.41, 5.74) is 0.612. The van der Waals surface area contributed by atoms with Crippen LogP contribution in [0, 0.1) is 0 Å². The van der Waals surface area contributed by atoms with Crippen molar-refractivity contribution in [3.05, 3.63) is 53.3 Å². The largest absolute Gasteiger partial charge is 0.571 e. The van der Waals surface area contributed by atoms with Crippen molar-refractivity contribution in [3.8, 4) is 23.0 Å². The molecule has 0 amide bonds. The van der Waals surface area contributed by atoms with Crippen LogP contribution in [0.3, 0.4) is 0 Å². The van der Waals surface area contributed by atoms with E-state index in [-0.39, 0.29) is 34.3 Å². The first-order valence-corrected chi connectivity index (χ1v) is 15.8. The van der Waals surface area contributed by atoms with E-state index in [1.54, 1.807) is 12.1 Å². The van der Waals surface area contributed by atoms with Gasteiger partial charge in [0.2, 0.25) is 6.29 Å². The Bertz CT molecular complexity index is 1500. The molecule has 0 aliphatic carbocycles. The molecule has 4 aliphatic heterocycles. The van der Waals surface area contributed by atoms with Crippen LogP contribution in [0.2, 0.25) is 0 Å². The van der Waals surface area contributed by atoms with E-state index in [4.69, 9.17) is 28.4 Å². The molecule has 3 saturated heterocycles. The Morgan fingerprint density at radius 2 is 1.44 bits per heavy atom. The number of phenolic OH excluding ortho intramolecular Hbond substituents is 3. The molecule has 0 radical (unpaired) electrons. The number of phenols is 3. The van der Waals surface area contributed by atoms with Gasteiger partial charge in [0.25, 0.3) is 11.9 Å². The molecule has 6 rings (SSSR count). The fourth-order valence-electron chi connectivity index (χ4n) is 6.09. The molecule has 276 valence electrons. The molecule has 15 atom stereocenters. The molecule has 15 unspecified atom stereocenters. The molecular weight excluding hydrogens is 672 g/mol. The molecule has 50 heavy (non-hydrogen) atoms. The molecule has 0 saturated carbocycles. The smallest absolute Gasteiger partial charge is 0.270 e. The van der Waals surface area contributed by atoms with E-state index < -0.39 is 105 Å². The number of aliphatic hydroxyl groups excluding tert-OH is 8. The SMILES string of the molecule is CC1OC(OCC2OC(OC3=Cc4c(O)cc(O)cc4[OH+]C3c3ccc(O)cc3)C(OC3OCC(O)C(O)C3O)C(O)C2O)C(O)C(O)C1O. The highest BCUT2D eigenvalue weighted by molar-refractivity contribution is 5.69. The number of hydrogen-bond donors (Lipinski definition) is 11. The predicted molar refractivity (Wildman–Crippen MR) is 163 cm³/mol. The molecule has 0 bridgehead atoms. The molecule has 0 spiro atoms. The third-order valence-corrected chi connectivity index (χ3v) is 9.03. The number of hydrogen-bond acceptors (Lipinski definition) is 17. The fourth-order valence-corrected chi connectivity index (χ4v) is 6.09. The molecule has 18 heteroatoms. The number of fused-ring (bicyclic) bond motifs is 1. The van der Waals surface area contributed by atoms with Gasteiger partial charge in [-0.3, -0.25) is 0 Å². The Hall–Kier alpha value is -3.34. The van der Waals surface area contributed by atoms with Crippen molar-refractivity contribution in [3.63, 3.8) is 0 Å². The molecule has 3 fully saturated rings. The van der Waals surface area contributed by atoms with Crippen LogP contribution in [0.1, 0.15) is 24.2 Å². The van der Waals surface area contributed by atoms with E-state index in [1.165, 1.54) is 31.2 Å². The maximum absolute atomic E-state index is 11.4. The highest BCUT2D eigenvalue weighted by Gasteiger charge is 2.52. The van der Waals surface area contributed by atoms with Gasteiger partial charge < -0.3 is 89.3 Å². The Morgan fingerprint density at radius 3 is 2.16 bits per heavy atom. The third-order valence-electron chi connectivity index (χ3n) is 9.03. The monoisotopic (exact) mass is 713 g/mol. The van der Waals surface area contributed by atoms with Crippen molar-refractivity contribution in [2.45, 2.75) is 99.0 Å². The van der Waals surface area contributed by atoms with Crippen LogP contribution >= 0.6 is 0 Å². The third kappa shape index (κ3) is 7.21. The first-order chi connectivity index (χ1) is 23.7. The Morgan fingerprint density at radius 1 is 0.740 bits per heavy atom. The Labute approximate surface area is 284 Å². The summed E-state index contributed by atoms with van der Waals surface area (Å²) < 4.78 is 39.2. The summed E-state index contributed by atoms with van der Waals surface area (Å²) in [7, 11) is 0. The van der Waals surface area contributed by atoms with E-state index >= 15 is 0 Å². The van der Waals surface area contributed by atoms with E-state index in [1.807, 2.05) is 0 Å². The topological polar surface area (TPSA) is 291 Å². The second-order valence-corrected chi connectivity index (χ2v) is 12.6. The zero-order chi connectivity index (χ0) is 36.0. The predicted octanol–water partition coefficient (Wildman–Crippen LogP) is -2.73. The average molecular weight is 714 g/mol. The van der Waals surface area contributed by atoms with Gasteiger partial charge >= 0.3 is 0 Å². The van der Waals surface area contributed by atoms with Crippen LogP contribution in [-0.4, -0.2) is 160 Å². The number of aliphatic hydroxyl groups is 9. The Balaban J connectivity index is 1.31. The van der Waals surface area contributed by atoms with E-state index in [0.29, 0.717) is 5.56 Å². The van der Waals surface area contributed by atoms with Gasteiger partial charge in [0.1, 0.15) is 77.7 Å². The lowest BCUT2D eigenvalue weighted by atomic mass is 9.97. The quantitative estimate of drug-likeness (QED) is 0.124. The summed E-state index contributed by atoms with van der Waals surface area (Å²) in [6.45, 7) is 0.430. The molecule has 4 heterocycles. The van der Waals surface area contributed by atoms with Crippen LogP contribution in [0.15, 0.2) is 42.2 Å². The molecule has 4 aliphatic rings. The zero-order valence-corrected chi connectivity index (χ0v) is 26.4. The lowest BCUT2D eigenvalue weighted by molar-refractivity contribution is -0.360. The van der Waals surface area contributed by atoms with Crippen molar-refractivity contribution in [2.24, 2.45) is 0 Å². The molecular formula is C32H41O18+. The lowest BCUT2D eigenvalue weighted by Crippen LogP contribution is -2.63. The minimum Gasteiger partial charge on any atom is -0.571 e. The Kier molecular flexibility index (Phi) is 10.7. The van der Waals surface area contributed by atoms with Crippen LogP contribution < -0.4 is 0 Å². The molecule has 2 aromatic rings. The van der Waals surface area contributed by atoms with E-state index in [0.717, 1.165) is 6.07 Å². The summed E-state index contributed by atoms with van der Waals surface area (Å²) >= 11 is 0. The summed E-state index contributed by atoms with van der Waals surface area (Å²) in [6, 6.07) is 8.27. The zero-order valence-electron chi connectivity index (χ0n) is 26.4. The summed E-state index contributed by atoms with van der Waals surface area (Å²) in [6.07, 6.45) is -21.7. The van der Waals surface area contributed by atoms with Crippen molar-refractivity contribution in [1.29, 1.82) is 0 Å². The highest BCUT2D eigenvalue weighted by Crippen LogP contribution is 2.46. The van der Waals surface area contributed by atoms with E-state index in [2.05, 4.69) is 4.74 Å². The van der Waals surface area contributed by atoms with Crippen molar-refractivity contribution < 1.29 is 89.3 Å². The molecule has 18 nitrogen and oxygen atoms in total. The van der Waals surface area contributed by atoms with Gasteiger partial charge in [0.05, 0.1) is 30.9 Å². The van der Waals surface area contributed by atoms with Gasteiger partial charge in [-0.25, -0.2) is 0 Å². The molecule has 2 aromatic carbocycles. The van der Waals surface area contributed by atoms with Crippen molar-refractivity contribution in [1.82, 2.24) is 0 Å². The highest BCUT2D eigenvalue weighted by atomic mass is 16.8. The standard InChI is InChI=1S/C32H40O18/c1-11-21(37)24(40)27(43)30(46-11)45-10-20-23(39)25(41)29(50-31-26(42)22(38)17(36)9-44-31)32(49-20)48-19-8-15-16(35)6-14(34)7-18(15)47-28(19)12-2-4-13(33)5-3-12/h2-8,11,17,20-43H,9-10H2,1H3/p+1. The number of aromatic hydroxyl groups is 4. The van der Waals surface area contributed by atoms with Gasteiger partial charge in [0.15, 0.2) is 24.4 Å². The first-order valence-electron chi connectivity index (χ1n) is 15.8. The summed E-state index contributed by atoms with van der Waals surface area (Å²) in [5, 5.41) is 114. The number of ether oxygens (including phenoxy) is 7. The van der Waals surface area contributed by atoms with Crippen LogP contribution in [0.4, 0.5) is 0 Å². The van der Waals surface area contributed by atoms with Crippen LogP contribution in [-0.2, 0) is 28.4 Å². The number of rotatable bonds is 8. The van der Waals surface area contributed by atoms with Gasteiger partial charge in [-0.05, 0) is 31.2 Å². The summed E-state index contributed by atoms with van der Waals surface area (Å²) in [4.78, 5) is 0. The van der Waals surface area contributed by atoms with Gasteiger partial charge in [-0.2, -0.15) is 0 Å². The average Bonchev–Trinajstić information content (AvgIpc) is 3.08. The lowest BCUT2D eigenvalue weighted by Gasteiger charge is -2.45. The van der Waals surface area contributed by atoms with Crippen LogP contribution in [0.25, 0.3) is 6.08 Å². The van der Waals surface area contributed by atoms with E-state index in [9.17, 15) is 56.2 Å². The maximum atomic E-state index is 11.4. The second kappa shape index (κ2) is 14.7. The van der Waals surface area contributed by atoms with Gasteiger partial charge in [0, 0.05) is 12.1 Å². The normalized spacial score (nSPS) is 40.3. The second-order valence-electron chi connectivity index (χ2n) is 12.6. The molecule has 12 N–H and O–H groups in total. The molecule has 0 aromatic heterocycles. The van der Waals surface area contributed by atoms with Crippen LogP contribution in [0.5, 0.6) is 23.0 Å².